The van der Waals surface area contributed by atoms with Crippen LogP contribution in [-0.4, -0.2) is 18.7 Å². The molecule has 0 radical (unpaired) electrons. The van der Waals surface area contributed by atoms with Crippen molar-refractivity contribution in [1.82, 2.24) is 0 Å². The van der Waals surface area contributed by atoms with Crippen LogP contribution in [0.1, 0.15) is 26.3 Å². The molecule has 0 aliphatic rings. The largest absolute Gasteiger partial charge is 0.496 e. The van der Waals surface area contributed by atoms with Gasteiger partial charge in [-0.15, -0.1) is 0 Å². The van der Waals surface area contributed by atoms with E-state index < -0.39 is 11.6 Å². The summed E-state index contributed by atoms with van der Waals surface area (Å²) in [5.41, 5.74) is 1.51. The van der Waals surface area contributed by atoms with Crippen LogP contribution in [0.3, 0.4) is 0 Å². The van der Waals surface area contributed by atoms with Crippen LogP contribution < -0.4 is 4.74 Å². The number of aryl methyl sites for hydroxylation is 1. The minimum Gasteiger partial charge on any atom is -0.496 e. The molecule has 0 unspecified atom stereocenters. The summed E-state index contributed by atoms with van der Waals surface area (Å²) in [5, 5.41) is 0. The Kier molecular flexibility index (Phi) is 3.76. The lowest BCUT2D eigenvalue weighted by molar-refractivity contribution is 0.0814. The Morgan fingerprint density at radius 2 is 1.37 bits per heavy atom. The van der Waals surface area contributed by atoms with E-state index in [1.165, 1.54) is 7.11 Å². The average molecular weight is 254 g/mol. The van der Waals surface area contributed by atoms with Gasteiger partial charge in [0.05, 0.1) is 12.7 Å². The average Bonchev–Trinajstić information content (AvgIpc) is 2.46. The third kappa shape index (κ3) is 2.55. The van der Waals surface area contributed by atoms with Gasteiger partial charge >= 0.3 is 0 Å². The van der Waals surface area contributed by atoms with Crippen molar-refractivity contribution in [2.75, 3.05) is 7.11 Å². The van der Waals surface area contributed by atoms with Gasteiger partial charge in [0.1, 0.15) is 5.75 Å². The van der Waals surface area contributed by atoms with E-state index in [1.807, 2.05) is 19.1 Å². The molecule has 0 spiro atoms. The lowest BCUT2D eigenvalue weighted by atomic mass is 9.98. The van der Waals surface area contributed by atoms with Crippen LogP contribution in [0.2, 0.25) is 0 Å². The van der Waals surface area contributed by atoms with Crippen molar-refractivity contribution in [3.63, 3.8) is 0 Å². The number of hydrogen-bond donors (Lipinski definition) is 0. The number of rotatable bonds is 4. The summed E-state index contributed by atoms with van der Waals surface area (Å²) >= 11 is 0. The molecule has 0 saturated heterocycles. The molecule has 0 aliphatic heterocycles. The maximum absolute atomic E-state index is 12.2. The van der Waals surface area contributed by atoms with Gasteiger partial charge in [-0.25, -0.2) is 0 Å². The summed E-state index contributed by atoms with van der Waals surface area (Å²) in [5.74, 6) is -0.649. The van der Waals surface area contributed by atoms with E-state index in [0.717, 1.165) is 5.56 Å². The Balaban J connectivity index is 2.40. The number of para-hydroxylation sites is 1. The quantitative estimate of drug-likeness (QED) is 0.622. The molecule has 0 heterocycles. The van der Waals surface area contributed by atoms with Crippen molar-refractivity contribution in [3.8, 4) is 5.75 Å². The summed E-state index contributed by atoms with van der Waals surface area (Å²) in [7, 11) is 1.48. The van der Waals surface area contributed by atoms with E-state index >= 15 is 0 Å². The second-order valence-electron chi connectivity index (χ2n) is 4.17. The predicted octanol–water partition coefficient (Wildman–Crippen LogP) is 3.07. The fraction of sp³-hybridized carbons (Fsp3) is 0.125. The third-order valence-electron chi connectivity index (χ3n) is 2.95. The molecule has 0 aromatic heterocycles. The van der Waals surface area contributed by atoms with Gasteiger partial charge in [-0.2, -0.15) is 0 Å². The summed E-state index contributed by atoms with van der Waals surface area (Å²) in [6.45, 7) is 1.81. The first-order chi connectivity index (χ1) is 9.15. The first-order valence-electron chi connectivity index (χ1n) is 5.93. The van der Waals surface area contributed by atoms with Crippen LogP contribution in [-0.2, 0) is 0 Å². The smallest absolute Gasteiger partial charge is 0.237 e. The Morgan fingerprint density at radius 3 is 2.00 bits per heavy atom. The van der Waals surface area contributed by atoms with Gasteiger partial charge in [-0.05, 0) is 24.6 Å². The van der Waals surface area contributed by atoms with Gasteiger partial charge in [-0.3, -0.25) is 9.59 Å². The van der Waals surface area contributed by atoms with Crippen molar-refractivity contribution in [3.05, 3.63) is 65.2 Å². The van der Waals surface area contributed by atoms with Gasteiger partial charge in [0, 0.05) is 5.56 Å². The molecule has 0 saturated carbocycles. The Labute approximate surface area is 111 Å². The fourth-order valence-electron chi connectivity index (χ4n) is 1.90. The number of carbonyl (C=O) groups is 2. The second kappa shape index (κ2) is 5.48. The van der Waals surface area contributed by atoms with Crippen molar-refractivity contribution in [2.45, 2.75) is 6.92 Å². The molecule has 0 atom stereocenters. The van der Waals surface area contributed by atoms with Gasteiger partial charge in [0.2, 0.25) is 11.6 Å². The first-order valence-corrected chi connectivity index (χ1v) is 5.93. The van der Waals surface area contributed by atoms with Crippen LogP contribution in [0.15, 0.2) is 48.5 Å². The summed E-state index contributed by atoms with van der Waals surface area (Å²) in [4.78, 5) is 24.5. The lowest BCUT2D eigenvalue weighted by Crippen LogP contribution is -2.16. The SMILES string of the molecule is COc1ccccc1C(=O)C(=O)c1ccccc1C. The number of hydrogen-bond acceptors (Lipinski definition) is 3. The van der Waals surface area contributed by atoms with Crippen LogP contribution in [0, 0.1) is 6.92 Å². The second-order valence-corrected chi connectivity index (χ2v) is 4.17. The summed E-state index contributed by atoms with van der Waals surface area (Å²) < 4.78 is 5.11. The van der Waals surface area contributed by atoms with E-state index in [4.69, 9.17) is 4.74 Å². The molecular formula is C16H14O3. The third-order valence-corrected chi connectivity index (χ3v) is 2.95. The number of benzene rings is 2. The van der Waals surface area contributed by atoms with E-state index in [1.54, 1.807) is 36.4 Å². The molecular weight excluding hydrogens is 240 g/mol. The first kappa shape index (κ1) is 13.0. The highest BCUT2D eigenvalue weighted by molar-refractivity contribution is 6.50. The normalized spacial score (nSPS) is 10.0. The minimum atomic E-state index is -0.549. The molecule has 2 aromatic carbocycles. The van der Waals surface area contributed by atoms with E-state index in [-0.39, 0.29) is 0 Å². The molecule has 3 nitrogen and oxygen atoms in total. The zero-order valence-electron chi connectivity index (χ0n) is 10.8. The molecule has 3 heteroatoms. The van der Waals surface area contributed by atoms with Crippen molar-refractivity contribution in [1.29, 1.82) is 0 Å². The monoisotopic (exact) mass is 254 g/mol. The van der Waals surface area contributed by atoms with Gasteiger partial charge in [0.15, 0.2) is 0 Å². The zero-order valence-corrected chi connectivity index (χ0v) is 10.8. The van der Waals surface area contributed by atoms with Gasteiger partial charge in [-0.1, -0.05) is 36.4 Å². The molecule has 0 fully saturated rings. The van der Waals surface area contributed by atoms with Crippen LogP contribution in [0.4, 0.5) is 0 Å². The Hall–Kier alpha value is -2.42. The molecule has 2 aromatic rings. The molecule has 19 heavy (non-hydrogen) atoms. The van der Waals surface area contributed by atoms with E-state index in [2.05, 4.69) is 0 Å². The molecule has 96 valence electrons. The molecule has 2 rings (SSSR count). The number of ether oxygens (including phenoxy) is 1. The highest BCUT2D eigenvalue weighted by Gasteiger charge is 2.22. The topological polar surface area (TPSA) is 43.4 Å². The summed E-state index contributed by atoms with van der Waals surface area (Å²) in [6.07, 6.45) is 0. The molecule has 0 bridgehead atoms. The number of methoxy groups -OCH3 is 1. The fourth-order valence-corrected chi connectivity index (χ4v) is 1.90. The van der Waals surface area contributed by atoms with Crippen molar-refractivity contribution in [2.24, 2.45) is 0 Å². The molecule has 0 aliphatic carbocycles. The molecule has 0 N–H and O–H groups in total. The highest BCUT2D eigenvalue weighted by atomic mass is 16.5. The standard InChI is InChI=1S/C16H14O3/c1-11-7-3-4-8-12(11)15(17)16(18)13-9-5-6-10-14(13)19-2/h3-10H,1-2H3. The van der Waals surface area contributed by atoms with Crippen LogP contribution in [0.5, 0.6) is 5.75 Å². The van der Waals surface area contributed by atoms with Crippen LogP contribution in [0.25, 0.3) is 0 Å². The van der Waals surface area contributed by atoms with Crippen molar-refractivity contribution < 1.29 is 14.3 Å². The summed E-state index contributed by atoms with van der Waals surface area (Å²) in [6, 6.07) is 13.8. The minimum absolute atomic E-state index is 0.290. The maximum Gasteiger partial charge on any atom is 0.237 e. The van der Waals surface area contributed by atoms with E-state index in [0.29, 0.717) is 16.9 Å². The van der Waals surface area contributed by atoms with Gasteiger partial charge in [0.25, 0.3) is 0 Å². The van der Waals surface area contributed by atoms with E-state index in [9.17, 15) is 9.59 Å². The Bertz CT molecular complexity index is 629. The van der Waals surface area contributed by atoms with Crippen molar-refractivity contribution >= 4 is 11.6 Å². The van der Waals surface area contributed by atoms with Crippen LogP contribution >= 0.6 is 0 Å². The lowest BCUT2D eigenvalue weighted by Gasteiger charge is -2.07. The number of carbonyl (C=O) groups excluding carboxylic acids is 2. The Morgan fingerprint density at radius 1 is 0.842 bits per heavy atom. The number of ketones is 2. The maximum atomic E-state index is 12.2. The zero-order chi connectivity index (χ0) is 13.8. The highest BCUT2D eigenvalue weighted by Crippen LogP contribution is 2.20. The number of Topliss-reactive ketones (excluding diaryl/α,β-unsaturated/α-hetero) is 2. The predicted molar refractivity (Wildman–Crippen MR) is 72.8 cm³/mol. The molecule has 0 amide bonds. The van der Waals surface area contributed by atoms with Gasteiger partial charge < -0.3 is 4.74 Å².